The van der Waals surface area contributed by atoms with Gasteiger partial charge in [0.15, 0.2) is 0 Å². The van der Waals surface area contributed by atoms with E-state index in [2.05, 4.69) is 0 Å². The first kappa shape index (κ1) is 14.0. The monoisotopic (exact) mass is 294 g/mol. The van der Waals surface area contributed by atoms with E-state index in [0.717, 1.165) is 18.4 Å². The molecular formula is C15H22N2O2S. The van der Waals surface area contributed by atoms with Crippen LogP contribution in [0, 0.1) is 5.92 Å². The molecule has 0 bridgehead atoms. The molecule has 2 fully saturated rings. The summed E-state index contributed by atoms with van der Waals surface area (Å²) in [5.74, 6) is 0.716. The van der Waals surface area contributed by atoms with Crippen LogP contribution in [0.5, 0.6) is 0 Å². The molecular weight excluding hydrogens is 272 g/mol. The Kier molecular flexibility index (Phi) is 3.39. The maximum Gasteiger partial charge on any atom is 0.214 e. The summed E-state index contributed by atoms with van der Waals surface area (Å²) in [4.78, 5) is 0. The van der Waals surface area contributed by atoms with E-state index >= 15 is 0 Å². The number of hydrogen-bond donors (Lipinski definition) is 1. The number of nitrogens with two attached hydrogens (primary N) is 1. The number of benzene rings is 1. The maximum absolute atomic E-state index is 12.4. The molecule has 1 atom stereocenters. The Hall–Kier alpha value is -0.910. The van der Waals surface area contributed by atoms with Crippen molar-refractivity contribution in [1.29, 1.82) is 0 Å². The molecule has 1 unspecified atom stereocenters. The number of hydrogen-bond acceptors (Lipinski definition) is 3. The third kappa shape index (κ3) is 2.62. The van der Waals surface area contributed by atoms with Gasteiger partial charge in [-0.1, -0.05) is 37.3 Å². The standard InChI is InChI=1S/C15H22N2O2S/c1-12(13-5-3-2-4-6-13)9-20(18,19)17-10-15(16,11-17)14-7-8-14/h2-6,12,14H,7-11,16H2,1H3. The van der Waals surface area contributed by atoms with Crippen molar-refractivity contribution in [1.82, 2.24) is 4.31 Å². The predicted molar refractivity (Wildman–Crippen MR) is 79.9 cm³/mol. The van der Waals surface area contributed by atoms with Crippen LogP contribution in [0.25, 0.3) is 0 Å². The van der Waals surface area contributed by atoms with Crippen LogP contribution in [0.2, 0.25) is 0 Å². The second-order valence-corrected chi connectivity index (χ2v) is 8.38. The Morgan fingerprint density at radius 2 is 1.90 bits per heavy atom. The first-order valence-electron chi connectivity index (χ1n) is 7.22. The summed E-state index contributed by atoms with van der Waals surface area (Å²) in [5, 5.41) is 0. The Bertz CT molecular complexity index is 575. The highest BCUT2D eigenvalue weighted by Gasteiger charge is 2.53. The van der Waals surface area contributed by atoms with E-state index in [1.807, 2.05) is 37.3 Å². The second-order valence-electron chi connectivity index (χ2n) is 6.37. The third-order valence-electron chi connectivity index (χ3n) is 4.55. The largest absolute Gasteiger partial charge is 0.323 e. The summed E-state index contributed by atoms with van der Waals surface area (Å²) in [5.41, 5.74) is 7.05. The molecule has 110 valence electrons. The number of sulfonamides is 1. The van der Waals surface area contributed by atoms with Gasteiger partial charge in [-0.05, 0) is 30.2 Å². The van der Waals surface area contributed by atoms with E-state index in [4.69, 9.17) is 5.73 Å². The van der Waals surface area contributed by atoms with Gasteiger partial charge in [0.2, 0.25) is 10.0 Å². The summed E-state index contributed by atoms with van der Waals surface area (Å²) >= 11 is 0. The van der Waals surface area contributed by atoms with Crippen molar-refractivity contribution in [3.63, 3.8) is 0 Å². The van der Waals surface area contributed by atoms with Crippen LogP contribution in [-0.4, -0.2) is 37.1 Å². The van der Waals surface area contributed by atoms with E-state index in [1.165, 1.54) is 0 Å². The molecule has 0 radical (unpaired) electrons. The van der Waals surface area contributed by atoms with Gasteiger partial charge in [-0.15, -0.1) is 0 Å². The minimum Gasteiger partial charge on any atom is -0.323 e. The Morgan fingerprint density at radius 3 is 2.45 bits per heavy atom. The van der Waals surface area contributed by atoms with Gasteiger partial charge in [-0.25, -0.2) is 8.42 Å². The van der Waals surface area contributed by atoms with Gasteiger partial charge in [0.1, 0.15) is 0 Å². The average molecular weight is 294 g/mol. The van der Waals surface area contributed by atoms with Crippen LogP contribution in [-0.2, 0) is 10.0 Å². The molecule has 5 heteroatoms. The summed E-state index contributed by atoms with van der Waals surface area (Å²) < 4.78 is 26.4. The number of nitrogens with zero attached hydrogens (tertiary/aromatic N) is 1. The van der Waals surface area contributed by atoms with E-state index in [1.54, 1.807) is 4.31 Å². The molecule has 1 aromatic rings. The van der Waals surface area contributed by atoms with Crippen LogP contribution in [0.3, 0.4) is 0 Å². The predicted octanol–water partition coefficient (Wildman–Crippen LogP) is 1.54. The van der Waals surface area contributed by atoms with Crippen molar-refractivity contribution in [3.05, 3.63) is 35.9 Å². The van der Waals surface area contributed by atoms with Crippen LogP contribution in [0.15, 0.2) is 30.3 Å². The second kappa shape index (κ2) is 4.83. The topological polar surface area (TPSA) is 63.4 Å². The Morgan fingerprint density at radius 1 is 1.30 bits per heavy atom. The van der Waals surface area contributed by atoms with Gasteiger partial charge in [0.25, 0.3) is 0 Å². The van der Waals surface area contributed by atoms with Gasteiger partial charge >= 0.3 is 0 Å². The Balaban J connectivity index is 1.62. The molecule has 1 saturated carbocycles. The van der Waals surface area contributed by atoms with Gasteiger partial charge in [-0.2, -0.15) is 4.31 Å². The van der Waals surface area contributed by atoms with Crippen molar-refractivity contribution < 1.29 is 8.42 Å². The Labute approximate surface area is 121 Å². The van der Waals surface area contributed by atoms with Crippen molar-refractivity contribution in [3.8, 4) is 0 Å². The zero-order chi connectivity index (χ0) is 14.4. The lowest BCUT2D eigenvalue weighted by molar-refractivity contribution is 0.135. The molecule has 3 rings (SSSR count). The summed E-state index contributed by atoms with van der Waals surface area (Å²) in [6.45, 7) is 2.96. The first-order valence-corrected chi connectivity index (χ1v) is 8.83. The van der Waals surface area contributed by atoms with E-state index < -0.39 is 10.0 Å². The van der Waals surface area contributed by atoms with E-state index in [0.29, 0.717) is 19.0 Å². The molecule has 1 aliphatic heterocycles. The highest BCUT2D eigenvalue weighted by molar-refractivity contribution is 7.89. The smallest absolute Gasteiger partial charge is 0.214 e. The fraction of sp³-hybridized carbons (Fsp3) is 0.600. The highest BCUT2D eigenvalue weighted by Crippen LogP contribution is 2.43. The molecule has 0 spiro atoms. The van der Waals surface area contributed by atoms with Crippen molar-refractivity contribution in [2.24, 2.45) is 11.7 Å². The van der Waals surface area contributed by atoms with Gasteiger partial charge in [0, 0.05) is 18.6 Å². The zero-order valence-corrected chi connectivity index (χ0v) is 12.6. The van der Waals surface area contributed by atoms with Crippen molar-refractivity contribution in [2.75, 3.05) is 18.8 Å². The lowest BCUT2D eigenvalue weighted by Gasteiger charge is -2.47. The maximum atomic E-state index is 12.4. The lowest BCUT2D eigenvalue weighted by Crippen LogP contribution is -2.70. The molecule has 2 N–H and O–H groups in total. The first-order chi connectivity index (χ1) is 9.41. The van der Waals surface area contributed by atoms with Crippen LogP contribution >= 0.6 is 0 Å². The molecule has 0 amide bonds. The zero-order valence-electron chi connectivity index (χ0n) is 11.8. The third-order valence-corrected chi connectivity index (χ3v) is 6.52. The quantitative estimate of drug-likeness (QED) is 0.896. The highest BCUT2D eigenvalue weighted by atomic mass is 32.2. The molecule has 2 aliphatic rings. The van der Waals surface area contributed by atoms with E-state index in [-0.39, 0.29) is 17.2 Å². The van der Waals surface area contributed by atoms with Gasteiger partial charge in [-0.3, -0.25) is 0 Å². The molecule has 1 aromatic carbocycles. The average Bonchev–Trinajstić information content (AvgIpc) is 3.20. The summed E-state index contributed by atoms with van der Waals surface area (Å²) in [6, 6.07) is 9.79. The number of rotatable bonds is 5. The molecule has 1 aliphatic carbocycles. The lowest BCUT2D eigenvalue weighted by atomic mass is 9.88. The molecule has 0 aromatic heterocycles. The van der Waals surface area contributed by atoms with Crippen molar-refractivity contribution >= 4 is 10.0 Å². The van der Waals surface area contributed by atoms with E-state index in [9.17, 15) is 8.42 Å². The van der Waals surface area contributed by atoms with Crippen LogP contribution in [0.1, 0.15) is 31.2 Å². The van der Waals surface area contributed by atoms with Crippen molar-refractivity contribution in [2.45, 2.75) is 31.2 Å². The molecule has 1 heterocycles. The molecule has 4 nitrogen and oxygen atoms in total. The van der Waals surface area contributed by atoms with Crippen LogP contribution in [0.4, 0.5) is 0 Å². The fourth-order valence-electron chi connectivity index (χ4n) is 3.02. The normalized spacial score (nSPS) is 24.1. The summed E-state index contributed by atoms with van der Waals surface area (Å²) in [7, 11) is -3.19. The fourth-order valence-corrected chi connectivity index (χ4v) is 4.93. The minimum absolute atomic E-state index is 0.00917. The van der Waals surface area contributed by atoms with Crippen LogP contribution < -0.4 is 5.73 Å². The minimum atomic E-state index is -3.19. The van der Waals surface area contributed by atoms with Gasteiger partial charge in [0.05, 0.1) is 5.75 Å². The summed E-state index contributed by atoms with van der Waals surface area (Å²) in [6.07, 6.45) is 2.32. The molecule has 20 heavy (non-hydrogen) atoms. The molecule has 1 saturated heterocycles. The SMILES string of the molecule is CC(CS(=O)(=O)N1CC(N)(C2CC2)C1)c1ccccc1. The van der Waals surface area contributed by atoms with Gasteiger partial charge < -0.3 is 5.73 Å².